The number of alkyl halides is 6. The summed E-state index contributed by atoms with van der Waals surface area (Å²) in [5.74, 6) is -34.0. The Morgan fingerprint density at radius 3 is 1.03 bits per heavy atom. The Morgan fingerprint density at radius 2 is 0.700 bits per heavy atom. The first-order valence-electron chi connectivity index (χ1n) is 6.95. The first-order valence-corrected chi connectivity index (χ1v) is 6.95. The number of halogens is 15. The van der Waals surface area contributed by atoms with Gasteiger partial charge in [-0.15, -0.1) is 0 Å². The molecule has 1 atom stereocenters. The highest BCUT2D eigenvalue weighted by atomic mass is 19.4. The average molecular weight is 466 g/mol. The fourth-order valence-electron chi connectivity index (χ4n) is 2.54. The molecule has 0 amide bonds. The van der Waals surface area contributed by atoms with Gasteiger partial charge in [0.25, 0.3) is 0 Å². The van der Waals surface area contributed by atoms with Crippen LogP contribution in [0.25, 0.3) is 0 Å². The van der Waals surface area contributed by atoms with Crippen molar-refractivity contribution in [2.24, 2.45) is 0 Å². The smallest absolute Gasteiger partial charge is 0.203 e. The third-order valence-corrected chi connectivity index (χ3v) is 3.74. The molecule has 15 heteroatoms. The van der Waals surface area contributed by atoms with Gasteiger partial charge >= 0.3 is 12.4 Å². The molecule has 1 unspecified atom stereocenters. The van der Waals surface area contributed by atoms with Crippen LogP contribution in [-0.2, 0) is 6.18 Å². The van der Waals surface area contributed by atoms with Crippen LogP contribution in [0.1, 0.15) is 22.6 Å². The molecule has 0 saturated heterocycles. The van der Waals surface area contributed by atoms with E-state index in [1.165, 1.54) is 0 Å². The van der Waals surface area contributed by atoms with Crippen LogP contribution in [-0.4, -0.2) is 6.18 Å². The van der Waals surface area contributed by atoms with Gasteiger partial charge in [0.1, 0.15) is 11.5 Å². The van der Waals surface area contributed by atoms with Crippen LogP contribution in [0.2, 0.25) is 0 Å². The molecule has 2 aromatic carbocycles. The fraction of sp³-hybridized carbons (Fsp3) is 0.200. The zero-order valence-electron chi connectivity index (χ0n) is 13.2. The van der Waals surface area contributed by atoms with Crippen molar-refractivity contribution in [1.82, 2.24) is 0 Å². The van der Waals surface area contributed by atoms with Gasteiger partial charge < -0.3 is 0 Å². The second-order valence-electron chi connectivity index (χ2n) is 5.50. The van der Waals surface area contributed by atoms with E-state index in [0.717, 1.165) is 0 Å². The Hall–Kier alpha value is -2.61. The van der Waals surface area contributed by atoms with E-state index in [-0.39, 0.29) is 0 Å². The first kappa shape index (κ1) is 23.7. The van der Waals surface area contributed by atoms with Crippen LogP contribution >= 0.6 is 0 Å². The van der Waals surface area contributed by atoms with Crippen molar-refractivity contribution in [1.29, 1.82) is 0 Å². The minimum atomic E-state index is -6.52. The molecule has 0 spiro atoms. The van der Waals surface area contributed by atoms with Crippen LogP contribution in [0, 0.1) is 52.4 Å². The quantitative estimate of drug-likeness (QED) is 0.264. The summed E-state index contributed by atoms with van der Waals surface area (Å²) in [6.45, 7) is 0. The predicted molar refractivity (Wildman–Crippen MR) is 65.4 cm³/mol. The zero-order chi connectivity index (χ0) is 23.5. The Morgan fingerprint density at radius 1 is 0.400 bits per heavy atom. The molecule has 0 aliphatic heterocycles. The third kappa shape index (κ3) is 3.53. The van der Waals surface area contributed by atoms with E-state index in [2.05, 4.69) is 0 Å². The van der Waals surface area contributed by atoms with Crippen molar-refractivity contribution in [2.75, 3.05) is 0 Å². The van der Waals surface area contributed by atoms with E-state index in [0.29, 0.717) is 0 Å². The molecular formula is C15HF15. The van der Waals surface area contributed by atoms with Gasteiger partial charge in [-0.3, -0.25) is 0 Å². The molecule has 0 radical (unpaired) electrons. The lowest BCUT2D eigenvalue weighted by atomic mass is 9.85. The van der Waals surface area contributed by atoms with Crippen LogP contribution < -0.4 is 0 Å². The van der Waals surface area contributed by atoms with Crippen LogP contribution in [0.15, 0.2) is 0 Å². The summed E-state index contributed by atoms with van der Waals surface area (Å²) in [4.78, 5) is 0. The van der Waals surface area contributed by atoms with Crippen molar-refractivity contribution in [2.45, 2.75) is 18.3 Å². The Kier molecular flexibility index (Phi) is 5.73. The summed E-state index contributed by atoms with van der Waals surface area (Å²) in [5, 5.41) is 0. The van der Waals surface area contributed by atoms with E-state index in [1.807, 2.05) is 0 Å². The highest BCUT2D eigenvalue weighted by Gasteiger charge is 2.54. The summed E-state index contributed by atoms with van der Waals surface area (Å²) < 4.78 is 201. The molecule has 0 bridgehead atoms. The number of hydrogen-bond acceptors (Lipinski definition) is 0. The van der Waals surface area contributed by atoms with E-state index in [1.54, 1.807) is 0 Å². The molecular weight excluding hydrogens is 465 g/mol. The van der Waals surface area contributed by atoms with E-state index < -0.39 is 87.3 Å². The fourth-order valence-corrected chi connectivity index (χ4v) is 2.54. The SMILES string of the molecule is Fc1c(F)c(F)c(C(c2c(F)c(F)c(F)c(F)c2C(F)(F)F)C(F)(F)F)c(F)c1F. The molecule has 0 N–H and O–H groups in total. The van der Waals surface area contributed by atoms with Crippen molar-refractivity contribution in [3.63, 3.8) is 0 Å². The topological polar surface area (TPSA) is 0 Å². The maximum atomic E-state index is 14.0. The number of rotatable bonds is 2. The maximum Gasteiger partial charge on any atom is 0.419 e. The molecule has 0 aromatic heterocycles. The van der Waals surface area contributed by atoms with Crippen molar-refractivity contribution in [3.05, 3.63) is 69.0 Å². The standard InChI is InChI=1S/C15HF15/c16-5-1(4(15(28,29)30)8(19)12(23)9(5)20)3(14(25,26)27)2-6(17)10(21)13(24)11(22)7(2)18/h3H. The monoisotopic (exact) mass is 466 g/mol. The highest BCUT2D eigenvalue weighted by molar-refractivity contribution is 5.45. The molecule has 2 aromatic rings. The lowest BCUT2D eigenvalue weighted by molar-refractivity contribution is -0.153. The molecule has 0 heterocycles. The Bertz CT molecular complexity index is 986. The summed E-state index contributed by atoms with van der Waals surface area (Å²) in [6.07, 6.45) is -12.9. The minimum absolute atomic E-state index is 3.03. The van der Waals surface area contributed by atoms with Crippen LogP contribution in [0.4, 0.5) is 65.9 Å². The maximum absolute atomic E-state index is 14.0. The summed E-state index contributed by atoms with van der Waals surface area (Å²) in [6, 6.07) is 0. The van der Waals surface area contributed by atoms with Crippen molar-refractivity contribution in [3.8, 4) is 0 Å². The van der Waals surface area contributed by atoms with Crippen molar-refractivity contribution < 1.29 is 65.9 Å². The highest BCUT2D eigenvalue weighted by Crippen LogP contribution is 2.49. The van der Waals surface area contributed by atoms with Gasteiger partial charge in [0.2, 0.25) is 5.82 Å². The molecule has 30 heavy (non-hydrogen) atoms. The summed E-state index contributed by atoms with van der Waals surface area (Å²) in [5.41, 5.74) is -9.85. The second kappa shape index (κ2) is 7.27. The zero-order valence-corrected chi connectivity index (χ0v) is 13.2. The molecule has 2 rings (SSSR count). The van der Waals surface area contributed by atoms with Crippen LogP contribution in [0.5, 0.6) is 0 Å². The molecule has 166 valence electrons. The number of hydrogen-bond donors (Lipinski definition) is 0. The molecule has 0 fully saturated rings. The average Bonchev–Trinajstić information content (AvgIpc) is 2.61. The van der Waals surface area contributed by atoms with Gasteiger partial charge in [0.05, 0.1) is 0 Å². The summed E-state index contributed by atoms with van der Waals surface area (Å²) in [7, 11) is 0. The predicted octanol–water partition coefficient (Wildman–Crippen LogP) is 6.65. The van der Waals surface area contributed by atoms with Gasteiger partial charge in [0.15, 0.2) is 46.5 Å². The van der Waals surface area contributed by atoms with Gasteiger partial charge in [0, 0.05) is 11.1 Å². The van der Waals surface area contributed by atoms with E-state index in [9.17, 15) is 65.9 Å². The van der Waals surface area contributed by atoms with Gasteiger partial charge in [-0.1, -0.05) is 0 Å². The Labute approximate surface area is 154 Å². The van der Waals surface area contributed by atoms with Crippen LogP contribution in [0.3, 0.4) is 0 Å². The third-order valence-electron chi connectivity index (χ3n) is 3.74. The largest absolute Gasteiger partial charge is 0.419 e. The second-order valence-corrected chi connectivity index (χ2v) is 5.50. The summed E-state index contributed by atoms with van der Waals surface area (Å²) >= 11 is 0. The molecule has 0 saturated carbocycles. The van der Waals surface area contributed by atoms with Gasteiger partial charge in [-0.25, -0.2) is 39.5 Å². The molecule has 0 nitrogen and oxygen atoms in total. The lowest BCUT2D eigenvalue weighted by Gasteiger charge is -2.26. The number of benzene rings is 2. The Balaban J connectivity index is 3.17. The van der Waals surface area contributed by atoms with Gasteiger partial charge in [-0.05, 0) is 0 Å². The van der Waals surface area contributed by atoms with Gasteiger partial charge in [-0.2, -0.15) is 26.3 Å². The molecule has 0 aliphatic carbocycles. The first-order chi connectivity index (χ1) is 13.4. The van der Waals surface area contributed by atoms with Crippen molar-refractivity contribution >= 4 is 0 Å². The molecule has 0 aliphatic rings. The lowest BCUT2D eigenvalue weighted by Crippen LogP contribution is -2.31. The minimum Gasteiger partial charge on any atom is -0.203 e. The van der Waals surface area contributed by atoms with E-state index in [4.69, 9.17) is 0 Å². The normalized spacial score (nSPS) is 13.7. The van der Waals surface area contributed by atoms with E-state index >= 15 is 0 Å².